The number of nitrogens with zero attached hydrogens (tertiary/aromatic N) is 4. The van der Waals surface area contributed by atoms with Gasteiger partial charge in [0.1, 0.15) is 11.6 Å². The standard InChI is InChI=1S/C24H29N5O2/c1-17-13-18(2)15-19(14-17)29(24(30)25-20-9-6-7-10-21(20)31-3)16-23-27-26-22-11-5-4-8-12-28(22)23/h6-7,9-10,13-15H,4-5,8,11-12,16H2,1-3H3,(H,25,30). The normalized spacial score (nSPS) is 13.3. The number of rotatable bonds is 5. The molecule has 0 saturated carbocycles. The lowest BCUT2D eigenvalue weighted by molar-refractivity contribution is 0.256. The van der Waals surface area contributed by atoms with Crippen LogP contribution in [0, 0.1) is 13.8 Å². The second-order valence-corrected chi connectivity index (χ2v) is 8.06. The highest BCUT2D eigenvalue weighted by atomic mass is 16.5. The van der Waals surface area contributed by atoms with Gasteiger partial charge in [-0.05, 0) is 62.1 Å². The topological polar surface area (TPSA) is 72.3 Å². The van der Waals surface area contributed by atoms with Crippen LogP contribution in [-0.4, -0.2) is 27.9 Å². The van der Waals surface area contributed by atoms with Gasteiger partial charge in [0.25, 0.3) is 0 Å². The Morgan fingerprint density at radius 1 is 1.10 bits per heavy atom. The minimum atomic E-state index is -0.236. The zero-order chi connectivity index (χ0) is 21.8. The lowest BCUT2D eigenvalue weighted by Crippen LogP contribution is -2.35. The number of urea groups is 1. The molecule has 162 valence electrons. The van der Waals surface area contributed by atoms with Gasteiger partial charge in [-0.2, -0.15) is 0 Å². The van der Waals surface area contributed by atoms with Gasteiger partial charge in [0.05, 0.1) is 19.3 Å². The number of para-hydroxylation sites is 2. The van der Waals surface area contributed by atoms with E-state index >= 15 is 0 Å². The maximum absolute atomic E-state index is 13.5. The van der Waals surface area contributed by atoms with E-state index in [9.17, 15) is 4.79 Å². The third-order valence-corrected chi connectivity index (χ3v) is 5.60. The molecule has 2 aromatic carbocycles. The van der Waals surface area contributed by atoms with E-state index in [0.717, 1.165) is 54.3 Å². The van der Waals surface area contributed by atoms with Crippen molar-refractivity contribution >= 4 is 17.4 Å². The fourth-order valence-corrected chi connectivity index (χ4v) is 4.12. The Balaban J connectivity index is 1.68. The molecule has 1 aromatic heterocycles. The summed E-state index contributed by atoms with van der Waals surface area (Å²) in [4.78, 5) is 15.2. The van der Waals surface area contributed by atoms with E-state index < -0.39 is 0 Å². The van der Waals surface area contributed by atoms with Gasteiger partial charge >= 0.3 is 6.03 Å². The van der Waals surface area contributed by atoms with Gasteiger partial charge in [0, 0.05) is 18.7 Å². The fraction of sp³-hybridized carbons (Fsp3) is 0.375. The molecule has 7 nitrogen and oxygen atoms in total. The van der Waals surface area contributed by atoms with E-state index in [-0.39, 0.29) is 6.03 Å². The third-order valence-electron chi connectivity index (χ3n) is 5.60. The number of ether oxygens (including phenoxy) is 1. The zero-order valence-electron chi connectivity index (χ0n) is 18.4. The van der Waals surface area contributed by atoms with Crippen LogP contribution in [-0.2, 0) is 19.5 Å². The molecule has 7 heteroatoms. The van der Waals surface area contributed by atoms with Crippen molar-refractivity contribution < 1.29 is 9.53 Å². The van der Waals surface area contributed by atoms with E-state index in [1.165, 1.54) is 6.42 Å². The molecule has 2 heterocycles. The number of aromatic nitrogens is 3. The SMILES string of the molecule is COc1ccccc1NC(=O)N(Cc1nnc2n1CCCCC2)c1cc(C)cc(C)c1. The van der Waals surface area contributed by atoms with Crippen LogP contribution >= 0.6 is 0 Å². The number of nitrogens with one attached hydrogen (secondary N) is 1. The molecule has 0 atom stereocenters. The molecule has 0 unspecified atom stereocenters. The van der Waals surface area contributed by atoms with Crippen LogP contribution in [0.2, 0.25) is 0 Å². The van der Waals surface area contributed by atoms with E-state index in [1.54, 1.807) is 12.0 Å². The highest BCUT2D eigenvalue weighted by Gasteiger charge is 2.23. The smallest absolute Gasteiger partial charge is 0.326 e. The molecule has 1 N–H and O–H groups in total. The molecule has 31 heavy (non-hydrogen) atoms. The van der Waals surface area contributed by atoms with Gasteiger partial charge in [0.2, 0.25) is 0 Å². The second kappa shape index (κ2) is 9.20. The number of carbonyl (C=O) groups is 1. The Bertz CT molecular complexity index is 1060. The molecule has 0 aliphatic carbocycles. The van der Waals surface area contributed by atoms with Gasteiger partial charge in [-0.3, -0.25) is 4.90 Å². The summed E-state index contributed by atoms with van der Waals surface area (Å²) in [5.74, 6) is 2.44. The molecule has 0 bridgehead atoms. The van der Waals surface area contributed by atoms with E-state index in [1.807, 2.05) is 50.2 Å². The van der Waals surface area contributed by atoms with Crippen molar-refractivity contribution in [1.82, 2.24) is 14.8 Å². The number of hydrogen-bond donors (Lipinski definition) is 1. The Kier molecular flexibility index (Phi) is 6.21. The van der Waals surface area contributed by atoms with Crippen LogP contribution in [0.1, 0.15) is 42.0 Å². The molecule has 0 fully saturated rings. The minimum absolute atomic E-state index is 0.236. The summed E-state index contributed by atoms with van der Waals surface area (Å²) in [7, 11) is 1.60. The molecule has 1 aliphatic heterocycles. The van der Waals surface area contributed by atoms with Crippen molar-refractivity contribution in [2.75, 3.05) is 17.3 Å². The van der Waals surface area contributed by atoms with Crippen molar-refractivity contribution in [3.63, 3.8) is 0 Å². The number of aryl methyl sites for hydroxylation is 3. The van der Waals surface area contributed by atoms with E-state index in [0.29, 0.717) is 18.0 Å². The molecule has 3 aromatic rings. The monoisotopic (exact) mass is 419 g/mol. The molecule has 0 radical (unpaired) electrons. The van der Waals surface area contributed by atoms with Crippen molar-refractivity contribution in [3.8, 4) is 5.75 Å². The summed E-state index contributed by atoms with van der Waals surface area (Å²) < 4.78 is 7.58. The van der Waals surface area contributed by atoms with Crippen molar-refractivity contribution in [2.24, 2.45) is 0 Å². The van der Waals surface area contributed by atoms with Crippen LogP contribution < -0.4 is 15.0 Å². The minimum Gasteiger partial charge on any atom is -0.495 e. The summed E-state index contributed by atoms with van der Waals surface area (Å²) in [5, 5.41) is 11.9. The first-order valence-corrected chi connectivity index (χ1v) is 10.8. The van der Waals surface area contributed by atoms with Crippen LogP contribution in [0.25, 0.3) is 0 Å². The number of amides is 2. The van der Waals surface area contributed by atoms with Crippen LogP contribution in [0.3, 0.4) is 0 Å². The molecule has 1 aliphatic rings. The number of carbonyl (C=O) groups excluding carboxylic acids is 1. The number of hydrogen-bond acceptors (Lipinski definition) is 4. The second-order valence-electron chi connectivity index (χ2n) is 8.06. The maximum Gasteiger partial charge on any atom is 0.326 e. The molecule has 0 spiro atoms. The number of methoxy groups -OCH3 is 1. The van der Waals surface area contributed by atoms with Crippen LogP contribution in [0.15, 0.2) is 42.5 Å². The first kappa shape index (κ1) is 20.9. The summed E-state index contributed by atoms with van der Waals surface area (Å²) in [6, 6.07) is 13.3. The van der Waals surface area contributed by atoms with Gasteiger partial charge < -0.3 is 14.6 Å². The lowest BCUT2D eigenvalue weighted by atomic mass is 10.1. The lowest BCUT2D eigenvalue weighted by Gasteiger charge is -2.24. The highest BCUT2D eigenvalue weighted by molar-refractivity contribution is 6.02. The van der Waals surface area contributed by atoms with E-state index in [4.69, 9.17) is 4.74 Å². The first-order valence-electron chi connectivity index (χ1n) is 10.8. The Hall–Kier alpha value is -3.35. The van der Waals surface area contributed by atoms with E-state index in [2.05, 4.69) is 26.1 Å². The third kappa shape index (κ3) is 4.71. The van der Waals surface area contributed by atoms with Crippen LogP contribution in [0.4, 0.5) is 16.2 Å². The quantitative estimate of drug-likeness (QED) is 0.640. The summed E-state index contributed by atoms with van der Waals surface area (Å²) in [6.45, 7) is 5.31. The van der Waals surface area contributed by atoms with Crippen molar-refractivity contribution in [2.45, 2.75) is 52.6 Å². The molecule has 2 amide bonds. The predicted octanol–water partition coefficient (Wildman–Crippen LogP) is 4.87. The average molecular weight is 420 g/mol. The maximum atomic E-state index is 13.5. The number of anilines is 2. The Morgan fingerprint density at radius 3 is 2.65 bits per heavy atom. The fourth-order valence-electron chi connectivity index (χ4n) is 4.12. The predicted molar refractivity (Wildman–Crippen MR) is 122 cm³/mol. The highest BCUT2D eigenvalue weighted by Crippen LogP contribution is 2.27. The number of fused-ring (bicyclic) bond motifs is 1. The van der Waals surface area contributed by atoms with Crippen LogP contribution in [0.5, 0.6) is 5.75 Å². The van der Waals surface area contributed by atoms with Gasteiger partial charge in [-0.1, -0.05) is 24.6 Å². The number of benzene rings is 2. The summed E-state index contributed by atoms with van der Waals surface area (Å²) >= 11 is 0. The summed E-state index contributed by atoms with van der Waals surface area (Å²) in [5.41, 5.74) is 3.66. The molecular weight excluding hydrogens is 390 g/mol. The molecule has 0 saturated heterocycles. The zero-order valence-corrected chi connectivity index (χ0v) is 18.4. The Morgan fingerprint density at radius 2 is 1.87 bits per heavy atom. The van der Waals surface area contributed by atoms with Gasteiger partial charge in [-0.15, -0.1) is 10.2 Å². The summed E-state index contributed by atoms with van der Waals surface area (Å²) in [6.07, 6.45) is 4.37. The average Bonchev–Trinajstić information content (AvgIpc) is 2.97. The van der Waals surface area contributed by atoms with Crippen molar-refractivity contribution in [1.29, 1.82) is 0 Å². The largest absolute Gasteiger partial charge is 0.495 e. The Labute approximate surface area is 183 Å². The molecule has 4 rings (SSSR count). The van der Waals surface area contributed by atoms with Crippen molar-refractivity contribution in [3.05, 3.63) is 65.2 Å². The van der Waals surface area contributed by atoms with Gasteiger partial charge in [-0.25, -0.2) is 4.79 Å². The molecular formula is C24H29N5O2. The van der Waals surface area contributed by atoms with Gasteiger partial charge in [0.15, 0.2) is 5.82 Å². The first-order chi connectivity index (χ1) is 15.0.